The van der Waals surface area contributed by atoms with E-state index in [0.717, 1.165) is 0 Å². The Morgan fingerprint density at radius 1 is 1.47 bits per heavy atom. The van der Waals surface area contributed by atoms with Crippen molar-refractivity contribution in [1.29, 1.82) is 0 Å². The van der Waals surface area contributed by atoms with Gasteiger partial charge in [-0.1, -0.05) is 0 Å². The van der Waals surface area contributed by atoms with Crippen molar-refractivity contribution in [1.82, 2.24) is 20.5 Å². The molecule has 1 heterocycles. The summed E-state index contributed by atoms with van der Waals surface area (Å²) in [4.78, 5) is 15.6. The second-order valence-corrected chi connectivity index (χ2v) is 4.12. The van der Waals surface area contributed by atoms with Crippen LogP contribution in [0.25, 0.3) is 0 Å². The van der Waals surface area contributed by atoms with Crippen LogP contribution in [0.5, 0.6) is 0 Å². The highest BCUT2D eigenvalue weighted by molar-refractivity contribution is 5.96. The van der Waals surface area contributed by atoms with Crippen LogP contribution in [0.3, 0.4) is 0 Å². The first-order chi connectivity index (χ1) is 9.11. The molecule has 19 heavy (non-hydrogen) atoms. The third kappa shape index (κ3) is 2.82. The lowest BCUT2D eigenvalue weighted by Gasteiger charge is -2.15. The van der Waals surface area contributed by atoms with E-state index in [0.29, 0.717) is 22.8 Å². The first-order valence-corrected chi connectivity index (χ1v) is 5.85. The van der Waals surface area contributed by atoms with Crippen molar-refractivity contribution >= 4 is 17.3 Å². The molecule has 1 unspecified atom stereocenters. The van der Waals surface area contributed by atoms with Gasteiger partial charge in [-0.2, -0.15) is 5.10 Å². The zero-order valence-electron chi connectivity index (χ0n) is 10.8. The maximum absolute atomic E-state index is 11.6. The number of carbonyl (C=O) groups is 1. The van der Waals surface area contributed by atoms with E-state index in [1.807, 2.05) is 6.92 Å². The van der Waals surface area contributed by atoms with Crippen LogP contribution in [-0.4, -0.2) is 28.1 Å². The summed E-state index contributed by atoms with van der Waals surface area (Å²) in [6.07, 6.45) is 1.44. The van der Waals surface area contributed by atoms with E-state index < -0.39 is 0 Å². The number of nitrogen functional groups attached to an aromatic ring is 1. The molecule has 0 spiro atoms. The van der Waals surface area contributed by atoms with Crippen molar-refractivity contribution in [3.05, 3.63) is 35.9 Å². The number of nitrogens with one attached hydrogen (secondary N) is 3. The van der Waals surface area contributed by atoms with Gasteiger partial charge < -0.3 is 16.4 Å². The zero-order valence-corrected chi connectivity index (χ0v) is 10.8. The molecule has 100 valence electrons. The van der Waals surface area contributed by atoms with E-state index in [2.05, 4.69) is 25.8 Å². The Morgan fingerprint density at radius 3 is 2.89 bits per heavy atom. The fraction of sp³-hybridized carbons (Fsp3) is 0.250. The van der Waals surface area contributed by atoms with Crippen molar-refractivity contribution in [3.63, 3.8) is 0 Å². The van der Waals surface area contributed by atoms with Gasteiger partial charge in [-0.15, -0.1) is 0 Å². The maximum atomic E-state index is 11.6. The minimum atomic E-state index is -0.157. The van der Waals surface area contributed by atoms with Gasteiger partial charge in [-0.05, 0) is 25.1 Å². The number of H-pyrrole nitrogens is 1. The monoisotopic (exact) mass is 260 g/mol. The molecule has 0 aliphatic heterocycles. The van der Waals surface area contributed by atoms with Crippen LogP contribution >= 0.6 is 0 Å². The molecule has 1 amide bonds. The molecule has 0 saturated heterocycles. The van der Waals surface area contributed by atoms with Crippen LogP contribution in [0.1, 0.15) is 29.1 Å². The standard InChI is InChI=1S/C12H16N6O/c1-7(11-15-6-16-18-11)17-10-5-8(12(19)14-2)3-4-9(10)13/h3-7,17H,13H2,1-2H3,(H,14,19)(H,15,16,18). The highest BCUT2D eigenvalue weighted by Crippen LogP contribution is 2.24. The van der Waals surface area contributed by atoms with Crippen molar-refractivity contribution in [2.24, 2.45) is 0 Å². The summed E-state index contributed by atoms with van der Waals surface area (Å²) in [5, 5.41) is 12.3. The van der Waals surface area contributed by atoms with Crippen LogP contribution in [0.2, 0.25) is 0 Å². The lowest BCUT2D eigenvalue weighted by Crippen LogP contribution is -2.18. The largest absolute Gasteiger partial charge is 0.397 e. The fourth-order valence-electron chi connectivity index (χ4n) is 1.69. The first kappa shape index (κ1) is 12.9. The first-order valence-electron chi connectivity index (χ1n) is 5.85. The van der Waals surface area contributed by atoms with E-state index >= 15 is 0 Å². The van der Waals surface area contributed by atoms with Crippen LogP contribution < -0.4 is 16.4 Å². The SMILES string of the molecule is CNC(=O)c1ccc(N)c(NC(C)c2ncn[nH]2)c1. The second kappa shape index (κ2) is 5.38. The second-order valence-electron chi connectivity index (χ2n) is 4.12. The molecule has 0 radical (unpaired) electrons. The Kier molecular flexibility index (Phi) is 3.65. The van der Waals surface area contributed by atoms with Gasteiger partial charge in [0.25, 0.3) is 5.91 Å². The van der Waals surface area contributed by atoms with E-state index in [-0.39, 0.29) is 11.9 Å². The number of hydrogen-bond acceptors (Lipinski definition) is 5. The zero-order chi connectivity index (χ0) is 13.8. The van der Waals surface area contributed by atoms with Crippen LogP contribution in [0.15, 0.2) is 24.5 Å². The summed E-state index contributed by atoms with van der Waals surface area (Å²) < 4.78 is 0. The van der Waals surface area contributed by atoms with Crippen LogP contribution in [0.4, 0.5) is 11.4 Å². The summed E-state index contributed by atoms with van der Waals surface area (Å²) in [6.45, 7) is 1.92. The number of hydrogen-bond donors (Lipinski definition) is 4. The predicted molar refractivity (Wildman–Crippen MR) is 72.7 cm³/mol. The van der Waals surface area contributed by atoms with Crippen molar-refractivity contribution in [2.75, 3.05) is 18.1 Å². The topological polar surface area (TPSA) is 109 Å². The lowest BCUT2D eigenvalue weighted by atomic mass is 10.1. The Bertz CT molecular complexity index is 566. The molecule has 0 fully saturated rings. The summed E-state index contributed by atoms with van der Waals surface area (Å²) in [5.41, 5.74) is 7.69. The quantitative estimate of drug-likeness (QED) is 0.611. The Hall–Kier alpha value is -2.57. The number of nitrogens with zero attached hydrogens (tertiary/aromatic N) is 2. The van der Waals surface area contributed by atoms with E-state index in [9.17, 15) is 4.79 Å². The molecule has 7 nitrogen and oxygen atoms in total. The van der Waals surface area contributed by atoms with Gasteiger partial charge in [0.2, 0.25) is 0 Å². The van der Waals surface area contributed by atoms with Gasteiger partial charge in [-0.25, -0.2) is 4.98 Å². The molecule has 2 aromatic rings. The molecule has 0 aliphatic rings. The van der Waals surface area contributed by atoms with Crippen molar-refractivity contribution in [2.45, 2.75) is 13.0 Å². The summed E-state index contributed by atoms with van der Waals surface area (Å²) >= 11 is 0. The van der Waals surface area contributed by atoms with Gasteiger partial charge in [0, 0.05) is 12.6 Å². The molecular weight excluding hydrogens is 244 g/mol. The summed E-state index contributed by atoms with van der Waals surface area (Å²) in [6, 6.07) is 4.99. The summed E-state index contributed by atoms with van der Waals surface area (Å²) in [7, 11) is 1.59. The summed E-state index contributed by atoms with van der Waals surface area (Å²) in [5.74, 6) is 0.542. The molecule has 1 aromatic heterocycles. The average Bonchev–Trinajstić information content (AvgIpc) is 2.94. The minimum Gasteiger partial charge on any atom is -0.397 e. The highest BCUT2D eigenvalue weighted by atomic mass is 16.1. The number of anilines is 2. The molecule has 1 aromatic carbocycles. The Morgan fingerprint density at radius 2 is 2.26 bits per heavy atom. The van der Waals surface area contributed by atoms with E-state index in [1.165, 1.54) is 6.33 Å². The highest BCUT2D eigenvalue weighted by Gasteiger charge is 2.12. The number of benzene rings is 1. The van der Waals surface area contributed by atoms with Crippen molar-refractivity contribution < 1.29 is 4.79 Å². The Labute approximate surface area is 110 Å². The molecule has 7 heteroatoms. The number of nitrogens with two attached hydrogens (primary N) is 1. The van der Waals surface area contributed by atoms with Gasteiger partial charge in [0.05, 0.1) is 17.4 Å². The third-order valence-electron chi connectivity index (χ3n) is 2.76. The third-order valence-corrected chi connectivity index (χ3v) is 2.76. The van der Waals surface area contributed by atoms with Gasteiger partial charge in [0.1, 0.15) is 12.2 Å². The minimum absolute atomic E-state index is 0.0928. The van der Waals surface area contributed by atoms with Gasteiger partial charge in [-0.3, -0.25) is 9.89 Å². The van der Waals surface area contributed by atoms with E-state index in [4.69, 9.17) is 5.73 Å². The molecule has 0 bridgehead atoms. The van der Waals surface area contributed by atoms with Crippen LogP contribution in [-0.2, 0) is 0 Å². The fourth-order valence-corrected chi connectivity index (χ4v) is 1.69. The normalized spacial score (nSPS) is 11.9. The number of aromatic amines is 1. The number of amides is 1. The van der Waals surface area contributed by atoms with E-state index in [1.54, 1.807) is 25.2 Å². The molecule has 2 rings (SSSR count). The number of aromatic nitrogens is 3. The molecule has 1 atom stereocenters. The maximum Gasteiger partial charge on any atom is 0.251 e. The van der Waals surface area contributed by atoms with Crippen molar-refractivity contribution in [3.8, 4) is 0 Å². The Balaban J connectivity index is 2.22. The smallest absolute Gasteiger partial charge is 0.251 e. The lowest BCUT2D eigenvalue weighted by molar-refractivity contribution is 0.0963. The molecule has 5 N–H and O–H groups in total. The predicted octanol–water partition coefficient (Wildman–Crippen LogP) is 0.920. The number of rotatable bonds is 4. The average molecular weight is 260 g/mol. The van der Waals surface area contributed by atoms with Gasteiger partial charge >= 0.3 is 0 Å². The molecule has 0 aliphatic carbocycles. The number of carbonyl (C=O) groups excluding carboxylic acids is 1. The van der Waals surface area contributed by atoms with Crippen LogP contribution in [0, 0.1) is 0 Å². The molecule has 0 saturated carbocycles. The molecular formula is C12H16N6O. The van der Waals surface area contributed by atoms with Gasteiger partial charge in [0.15, 0.2) is 0 Å².